The van der Waals surface area contributed by atoms with Gasteiger partial charge in [-0.2, -0.15) is 12.8 Å². The molecule has 0 N–H and O–H groups in total. The van der Waals surface area contributed by atoms with Crippen molar-refractivity contribution in [3.63, 3.8) is 0 Å². The summed E-state index contributed by atoms with van der Waals surface area (Å²) in [4.78, 5) is 20.9. The third-order valence-corrected chi connectivity index (χ3v) is 4.08. The Morgan fingerprint density at radius 2 is 1.86 bits per heavy atom. The van der Waals surface area contributed by atoms with E-state index in [4.69, 9.17) is 0 Å². The van der Waals surface area contributed by atoms with Crippen molar-refractivity contribution < 1.29 is 18.1 Å². The zero-order chi connectivity index (χ0) is 15.6. The predicted octanol–water partition coefficient (Wildman–Crippen LogP) is 1.81. The van der Waals surface area contributed by atoms with Crippen molar-refractivity contribution in [1.29, 1.82) is 0 Å². The molecule has 0 heterocycles. The van der Waals surface area contributed by atoms with Crippen LogP contribution in [0, 0.1) is 10.1 Å². The van der Waals surface area contributed by atoms with Gasteiger partial charge in [0.25, 0.3) is 15.7 Å². The molecule has 1 aromatic carbocycles. The van der Waals surface area contributed by atoms with E-state index in [0.717, 1.165) is 12.1 Å². The monoisotopic (exact) mass is 306 g/mol. The SMILES string of the molecule is CC1=CC(=NS(=O)(=O)c2ccccc2[N+](=O)[O-])C=CC1=O. The molecule has 1 aliphatic rings. The van der Waals surface area contributed by atoms with Crippen molar-refractivity contribution in [2.75, 3.05) is 0 Å². The molecule has 0 bridgehead atoms. The van der Waals surface area contributed by atoms with Crippen molar-refractivity contribution in [3.05, 3.63) is 58.2 Å². The lowest BCUT2D eigenvalue weighted by Gasteiger charge is -2.05. The van der Waals surface area contributed by atoms with Crippen LogP contribution < -0.4 is 0 Å². The minimum absolute atomic E-state index is 0.0465. The number of nitro benzene ring substituents is 1. The maximum Gasteiger partial charge on any atom is 0.289 e. The first-order valence-electron chi connectivity index (χ1n) is 5.80. The number of carbonyl (C=O) groups is 1. The molecule has 8 heteroatoms. The third kappa shape index (κ3) is 3.11. The lowest BCUT2D eigenvalue weighted by Crippen LogP contribution is -2.09. The van der Waals surface area contributed by atoms with Crippen LogP contribution in [-0.2, 0) is 14.8 Å². The molecular formula is C13H10N2O5S. The molecular weight excluding hydrogens is 296 g/mol. The number of allylic oxidation sites excluding steroid dienone is 4. The fourth-order valence-electron chi connectivity index (χ4n) is 1.70. The van der Waals surface area contributed by atoms with Gasteiger partial charge in [-0.1, -0.05) is 12.1 Å². The van der Waals surface area contributed by atoms with Gasteiger partial charge in [0.05, 0.1) is 10.6 Å². The summed E-state index contributed by atoms with van der Waals surface area (Å²) in [5.41, 5.74) is -0.155. The lowest BCUT2D eigenvalue weighted by molar-refractivity contribution is -0.387. The van der Waals surface area contributed by atoms with E-state index in [-0.39, 0.29) is 11.5 Å². The van der Waals surface area contributed by atoms with Crippen molar-refractivity contribution >= 4 is 27.2 Å². The van der Waals surface area contributed by atoms with Crippen LogP contribution in [0.4, 0.5) is 5.69 Å². The Morgan fingerprint density at radius 3 is 2.48 bits per heavy atom. The number of benzene rings is 1. The van der Waals surface area contributed by atoms with E-state index in [9.17, 15) is 23.3 Å². The van der Waals surface area contributed by atoms with Crippen LogP contribution in [-0.4, -0.2) is 24.8 Å². The smallest absolute Gasteiger partial charge is 0.289 e. The van der Waals surface area contributed by atoms with Gasteiger partial charge >= 0.3 is 0 Å². The Labute approximate surface area is 120 Å². The minimum atomic E-state index is -4.24. The number of hydrogen-bond donors (Lipinski definition) is 0. The first-order valence-corrected chi connectivity index (χ1v) is 7.24. The zero-order valence-electron chi connectivity index (χ0n) is 10.9. The number of para-hydroxylation sites is 1. The van der Waals surface area contributed by atoms with Gasteiger partial charge in [-0.25, -0.2) is 0 Å². The Bertz CT molecular complexity index is 819. The maximum absolute atomic E-state index is 12.2. The molecule has 0 aliphatic heterocycles. The highest BCUT2D eigenvalue weighted by Crippen LogP contribution is 2.25. The number of nitro groups is 1. The average Bonchev–Trinajstić information content (AvgIpc) is 2.42. The summed E-state index contributed by atoms with van der Waals surface area (Å²) in [6.45, 7) is 1.53. The van der Waals surface area contributed by atoms with E-state index in [1.54, 1.807) is 0 Å². The molecule has 0 unspecified atom stereocenters. The minimum Gasteiger partial charge on any atom is -0.290 e. The highest BCUT2D eigenvalue weighted by molar-refractivity contribution is 7.90. The largest absolute Gasteiger partial charge is 0.290 e. The van der Waals surface area contributed by atoms with Crippen LogP contribution in [0.25, 0.3) is 0 Å². The topological polar surface area (TPSA) is 107 Å². The summed E-state index contributed by atoms with van der Waals surface area (Å²) in [6.07, 6.45) is 3.76. The van der Waals surface area contributed by atoms with E-state index in [1.807, 2.05) is 0 Å². The van der Waals surface area contributed by atoms with Crippen LogP contribution in [0.1, 0.15) is 6.92 Å². The fraction of sp³-hybridized carbons (Fsp3) is 0.0769. The standard InChI is InChI=1S/C13H10N2O5S/c1-9-8-10(6-7-12(9)16)14-21(19,20)13-5-3-2-4-11(13)15(17)18/h2-8H,1H3. The van der Waals surface area contributed by atoms with Gasteiger partial charge in [-0.05, 0) is 36.8 Å². The van der Waals surface area contributed by atoms with Crippen molar-refractivity contribution in [2.45, 2.75) is 11.8 Å². The molecule has 0 amide bonds. The van der Waals surface area contributed by atoms with Gasteiger partial charge in [0.1, 0.15) is 0 Å². The lowest BCUT2D eigenvalue weighted by atomic mass is 10.1. The summed E-state index contributed by atoms with van der Waals surface area (Å²) in [5, 5.41) is 10.9. The van der Waals surface area contributed by atoms with Crippen LogP contribution >= 0.6 is 0 Å². The highest BCUT2D eigenvalue weighted by atomic mass is 32.2. The second kappa shape index (κ2) is 5.41. The molecule has 0 saturated carbocycles. The molecule has 1 aromatic rings. The van der Waals surface area contributed by atoms with Crippen molar-refractivity contribution in [2.24, 2.45) is 4.40 Å². The number of rotatable bonds is 3. The number of sulfonamides is 1. The quantitative estimate of drug-likeness (QED) is 0.481. The zero-order valence-corrected chi connectivity index (χ0v) is 11.7. The second-order valence-electron chi connectivity index (χ2n) is 4.24. The normalized spacial score (nSPS) is 16.9. The number of carbonyl (C=O) groups excluding carboxylic acids is 1. The first kappa shape index (κ1) is 14.8. The Balaban J connectivity index is 2.53. The molecule has 0 fully saturated rings. The van der Waals surface area contributed by atoms with Gasteiger partial charge in [0.2, 0.25) is 0 Å². The van der Waals surface area contributed by atoms with Crippen LogP contribution in [0.5, 0.6) is 0 Å². The molecule has 21 heavy (non-hydrogen) atoms. The van der Waals surface area contributed by atoms with Gasteiger partial charge < -0.3 is 0 Å². The first-order chi connectivity index (χ1) is 9.81. The summed E-state index contributed by atoms with van der Waals surface area (Å²) >= 11 is 0. The van der Waals surface area contributed by atoms with Gasteiger partial charge in [0.15, 0.2) is 10.7 Å². The Kier molecular flexibility index (Phi) is 3.81. The van der Waals surface area contributed by atoms with E-state index in [1.165, 1.54) is 37.3 Å². The number of ketones is 1. The van der Waals surface area contributed by atoms with Gasteiger partial charge in [-0.3, -0.25) is 14.9 Å². The summed E-state index contributed by atoms with van der Waals surface area (Å²) < 4.78 is 27.9. The maximum atomic E-state index is 12.2. The van der Waals surface area contributed by atoms with E-state index >= 15 is 0 Å². The molecule has 0 radical (unpaired) electrons. The Morgan fingerprint density at radius 1 is 1.19 bits per heavy atom. The number of nitrogens with zero attached hydrogens (tertiary/aromatic N) is 2. The molecule has 0 aromatic heterocycles. The summed E-state index contributed by atoms with van der Waals surface area (Å²) in [5.74, 6) is -0.239. The van der Waals surface area contributed by atoms with E-state index in [0.29, 0.717) is 5.57 Å². The van der Waals surface area contributed by atoms with Gasteiger partial charge in [0, 0.05) is 6.07 Å². The summed E-state index contributed by atoms with van der Waals surface area (Å²) in [6, 6.07) is 4.95. The molecule has 7 nitrogen and oxygen atoms in total. The molecule has 108 valence electrons. The fourth-order valence-corrected chi connectivity index (χ4v) is 2.85. The molecule has 0 saturated heterocycles. The van der Waals surface area contributed by atoms with Crippen LogP contribution in [0.15, 0.2) is 57.4 Å². The Hall–Kier alpha value is -2.61. The average molecular weight is 306 g/mol. The molecule has 0 atom stereocenters. The van der Waals surface area contributed by atoms with Crippen LogP contribution in [0.2, 0.25) is 0 Å². The molecule has 1 aliphatic carbocycles. The number of hydrogen-bond acceptors (Lipinski definition) is 5. The van der Waals surface area contributed by atoms with Crippen LogP contribution in [0.3, 0.4) is 0 Å². The van der Waals surface area contributed by atoms with E-state index in [2.05, 4.69) is 4.40 Å². The predicted molar refractivity (Wildman–Crippen MR) is 75.6 cm³/mol. The van der Waals surface area contributed by atoms with Gasteiger partial charge in [-0.15, -0.1) is 0 Å². The second-order valence-corrected chi connectivity index (χ2v) is 5.81. The summed E-state index contributed by atoms with van der Waals surface area (Å²) in [7, 11) is -4.24. The van der Waals surface area contributed by atoms with E-state index < -0.39 is 25.5 Å². The highest BCUT2D eigenvalue weighted by Gasteiger charge is 2.25. The third-order valence-electron chi connectivity index (χ3n) is 2.72. The van der Waals surface area contributed by atoms with Crippen molar-refractivity contribution in [1.82, 2.24) is 0 Å². The molecule has 2 rings (SSSR count). The molecule has 0 spiro atoms. The van der Waals surface area contributed by atoms with Crippen molar-refractivity contribution in [3.8, 4) is 0 Å².